The van der Waals surface area contributed by atoms with E-state index < -0.39 is 16.1 Å². The first-order chi connectivity index (χ1) is 8.44. The molecule has 0 fully saturated rings. The number of aliphatic hydroxyl groups is 1. The Morgan fingerprint density at radius 3 is 2.61 bits per heavy atom. The second kappa shape index (κ2) is 6.17. The molecule has 6 heteroatoms. The Kier molecular flexibility index (Phi) is 5.13. The first-order valence-electron chi connectivity index (χ1n) is 5.72. The molecule has 1 rings (SSSR count). The standard InChI is InChI=1S/C12H19NO4S/c1-4-10(8-14)13-18(15,16)12-6-5-9(2)7-11(12)17-3/h5-7,10,13-14H,4,8H2,1-3H3. The minimum absolute atomic E-state index is 0.0856. The van der Waals surface area contributed by atoms with Crippen LogP contribution in [0.3, 0.4) is 0 Å². The lowest BCUT2D eigenvalue weighted by atomic mass is 10.2. The number of sulfonamides is 1. The van der Waals surface area contributed by atoms with Crippen LogP contribution in [-0.2, 0) is 10.0 Å². The zero-order chi connectivity index (χ0) is 13.8. The van der Waals surface area contributed by atoms with Crippen LogP contribution in [-0.4, -0.2) is 33.3 Å². The molecule has 18 heavy (non-hydrogen) atoms. The lowest BCUT2D eigenvalue weighted by Crippen LogP contribution is -2.37. The minimum Gasteiger partial charge on any atom is -0.495 e. The van der Waals surface area contributed by atoms with Gasteiger partial charge in [0, 0.05) is 6.04 Å². The summed E-state index contributed by atoms with van der Waals surface area (Å²) in [6.07, 6.45) is 0.518. The average Bonchev–Trinajstić information content (AvgIpc) is 2.35. The maximum absolute atomic E-state index is 12.1. The summed E-state index contributed by atoms with van der Waals surface area (Å²) in [5, 5.41) is 9.05. The molecule has 0 aliphatic heterocycles. The zero-order valence-corrected chi connectivity index (χ0v) is 11.6. The molecule has 0 aliphatic rings. The normalized spacial score (nSPS) is 13.3. The number of benzene rings is 1. The Morgan fingerprint density at radius 2 is 2.11 bits per heavy atom. The van der Waals surface area contributed by atoms with Gasteiger partial charge in [0.05, 0.1) is 13.7 Å². The third-order valence-corrected chi connectivity index (χ3v) is 4.20. The van der Waals surface area contributed by atoms with E-state index in [1.165, 1.54) is 13.2 Å². The summed E-state index contributed by atoms with van der Waals surface area (Å²) in [6, 6.07) is 4.38. The quantitative estimate of drug-likeness (QED) is 0.812. The molecular formula is C12H19NO4S. The van der Waals surface area contributed by atoms with Crippen molar-refractivity contribution >= 4 is 10.0 Å². The van der Waals surface area contributed by atoms with Crippen molar-refractivity contribution in [2.24, 2.45) is 0 Å². The number of ether oxygens (including phenoxy) is 1. The molecule has 0 radical (unpaired) electrons. The minimum atomic E-state index is -3.68. The highest BCUT2D eigenvalue weighted by atomic mass is 32.2. The summed E-state index contributed by atoms with van der Waals surface area (Å²) in [5.74, 6) is 0.301. The van der Waals surface area contributed by atoms with Crippen LogP contribution < -0.4 is 9.46 Å². The van der Waals surface area contributed by atoms with Gasteiger partial charge in [0.15, 0.2) is 0 Å². The van der Waals surface area contributed by atoms with Crippen molar-refractivity contribution in [1.29, 1.82) is 0 Å². The summed E-state index contributed by atoms with van der Waals surface area (Å²) in [7, 11) is -2.25. The molecule has 0 saturated heterocycles. The van der Waals surface area contributed by atoms with Gasteiger partial charge in [0.1, 0.15) is 10.6 Å². The molecule has 1 atom stereocenters. The SMILES string of the molecule is CCC(CO)NS(=O)(=O)c1ccc(C)cc1OC. The molecule has 1 unspecified atom stereocenters. The van der Waals surface area contributed by atoms with Gasteiger partial charge in [-0.25, -0.2) is 13.1 Å². The van der Waals surface area contributed by atoms with E-state index in [1.807, 2.05) is 6.92 Å². The van der Waals surface area contributed by atoms with Crippen LogP contribution in [0.15, 0.2) is 23.1 Å². The Balaban J connectivity index is 3.12. The first-order valence-corrected chi connectivity index (χ1v) is 7.20. The highest BCUT2D eigenvalue weighted by Crippen LogP contribution is 2.24. The van der Waals surface area contributed by atoms with E-state index in [4.69, 9.17) is 9.84 Å². The van der Waals surface area contributed by atoms with Crippen molar-refractivity contribution < 1.29 is 18.3 Å². The predicted molar refractivity (Wildman–Crippen MR) is 69.2 cm³/mol. The monoisotopic (exact) mass is 273 g/mol. The van der Waals surface area contributed by atoms with Crippen molar-refractivity contribution in [3.8, 4) is 5.75 Å². The lowest BCUT2D eigenvalue weighted by molar-refractivity contribution is 0.253. The predicted octanol–water partition coefficient (Wildman–Crippen LogP) is 1.05. The number of aryl methyl sites for hydroxylation is 1. The third-order valence-electron chi connectivity index (χ3n) is 2.64. The average molecular weight is 273 g/mol. The van der Waals surface area contributed by atoms with Crippen LogP contribution >= 0.6 is 0 Å². The highest BCUT2D eigenvalue weighted by molar-refractivity contribution is 7.89. The van der Waals surface area contributed by atoms with E-state index in [2.05, 4.69) is 4.72 Å². The molecule has 1 aromatic carbocycles. The number of aliphatic hydroxyl groups excluding tert-OH is 1. The Bertz CT molecular complexity index is 495. The maximum atomic E-state index is 12.1. The van der Waals surface area contributed by atoms with Crippen LogP contribution in [0.25, 0.3) is 0 Å². The van der Waals surface area contributed by atoms with Crippen LogP contribution in [0.5, 0.6) is 5.75 Å². The van der Waals surface area contributed by atoms with Gasteiger partial charge in [-0.1, -0.05) is 13.0 Å². The maximum Gasteiger partial charge on any atom is 0.244 e. The van der Waals surface area contributed by atoms with E-state index in [1.54, 1.807) is 19.1 Å². The van der Waals surface area contributed by atoms with Crippen molar-refractivity contribution in [3.05, 3.63) is 23.8 Å². The summed E-state index contributed by atoms with van der Waals surface area (Å²) in [5.41, 5.74) is 0.917. The van der Waals surface area contributed by atoms with Gasteiger partial charge in [-0.15, -0.1) is 0 Å². The fraction of sp³-hybridized carbons (Fsp3) is 0.500. The van der Waals surface area contributed by atoms with Crippen LogP contribution in [0.1, 0.15) is 18.9 Å². The molecule has 0 bridgehead atoms. The number of hydrogen-bond donors (Lipinski definition) is 2. The van der Waals surface area contributed by atoms with Gasteiger partial charge in [-0.2, -0.15) is 0 Å². The van der Waals surface area contributed by atoms with E-state index >= 15 is 0 Å². The van der Waals surface area contributed by atoms with Gasteiger partial charge in [0.25, 0.3) is 0 Å². The Hall–Kier alpha value is -1.11. The molecule has 0 amide bonds. The molecule has 5 nitrogen and oxygen atoms in total. The fourth-order valence-electron chi connectivity index (χ4n) is 1.53. The smallest absolute Gasteiger partial charge is 0.244 e. The topological polar surface area (TPSA) is 75.6 Å². The highest BCUT2D eigenvalue weighted by Gasteiger charge is 2.22. The molecule has 0 saturated carbocycles. The Labute approximate surface area is 108 Å². The molecule has 1 aromatic rings. The molecule has 0 spiro atoms. The summed E-state index contributed by atoms with van der Waals surface area (Å²) < 4.78 is 31.8. The van der Waals surface area contributed by atoms with Crippen LogP contribution in [0.4, 0.5) is 0 Å². The first kappa shape index (κ1) is 14.9. The van der Waals surface area contributed by atoms with E-state index in [9.17, 15) is 8.42 Å². The van der Waals surface area contributed by atoms with E-state index in [-0.39, 0.29) is 11.5 Å². The zero-order valence-electron chi connectivity index (χ0n) is 10.8. The van der Waals surface area contributed by atoms with Crippen molar-refractivity contribution in [1.82, 2.24) is 4.72 Å². The summed E-state index contributed by atoms with van der Waals surface area (Å²) in [4.78, 5) is 0.0856. The summed E-state index contributed by atoms with van der Waals surface area (Å²) >= 11 is 0. The van der Waals surface area contributed by atoms with Gasteiger partial charge >= 0.3 is 0 Å². The molecule has 2 N–H and O–H groups in total. The largest absolute Gasteiger partial charge is 0.495 e. The lowest BCUT2D eigenvalue weighted by Gasteiger charge is -2.16. The fourth-order valence-corrected chi connectivity index (χ4v) is 2.99. The molecule has 0 heterocycles. The van der Waals surface area contributed by atoms with Crippen molar-refractivity contribution in [2.45, 2.75) is 31.2 Å². The van der Waals surface area contributed by atoms with Crippen LogP contribution in [0, 0.1) is 6.92 Å². The van der Waals surface area contributed by atoms with Gasteiger partial charge < -0.3 is 9.84 Å². The second-order valence-corrected chi connectivity index (χ2v) is 5.75. The third kappa shape index (κ3) is 3.44. The van der Waals surface area contributed by atoms with E-state index in [0.29, 0.717) is 12.2 Å². The molecule has 0 aromatic heterocycles. The van der Waals surface area contributed by atoms with Crippen LogP contribution in [0.2, 0.25) is 0 Å². The summed E-state index contributed by atoms with van der Waals surface area (Å²) in [6.45, 7) is 3.43. The van der Waals surface area contributed by atoms with Gasteiger partial charge in [-0.05, 0) is 31.0 Å². The van der Waals surface area contributed by atoms with Crippen molar-refractivity contribution in [3.63, 3.8) is 0 Å². The number of methoxy groups -OCH3 is 1. The van der Waals surface area contributed by atoms with Gasteiger partial charge in [-0.3, -0.25) is 0 Å². The van der Waals surface area contributed by atoms with Gasteiger partial charge in [0.2, 0.25) is 10.0 Å². The molecule has 0 aliphatic carbocycles. The number of hydrogen-bond acceptors (Lipinski definition) is 4. The number of rotatable bonds is 6. The molecular weight excluding hydrogens is 254 g/mol. The molecule has 102 valence electrons. The van der Waals surface area contributed by atoms with Crippen molar-refractivity contribution in [2.75, 3.05) is 13.7 Å². The number of nitrogens with one attached hydrogen (secondary N) is 1. The Morgan fingerprint density at radius 1 is 1.44 bits per heavy atom. The van der Waals surface area contributed by atoms with E-state index in [0.717, 1.165) is 5.56 Å². The second-order valence-electron chi connectivity index (χ2n) is 4.06.